The first-order valence-corrected chi connectivity index (χ1v) is 11.3. The van der Waals surface area contributed by atoms with Crippen LogP contribution in [0, 0.1) is 11.7 Å². The molecule has 1 aromatic heterocycles. The van der Waals surface area contributed by atoms with Gasteiger partial charge >= 0.3 is 18.0 Å². The van der Waals surface area contributed by atoms with Crippen LogP contribution in [0.1, 0.15) is 37.3 Å². The lowest BCUT2D eigenvalue weighted by Crippen LogP contribution is -2.35. The Hall–Kier alpha value is -3.17. The molecule has 1 saturated carbocycles. The molecule has 2 atom stereocenters. The predicted octanol–water partition coefficient (Wildman–Crippen LogP) is 4.31. The smallest absolute Gasteiger partial charge is 0.421 e. The second-order valence-corrected chi connectivity index (χ2v) is 9.14. The summed E-state index contributed by atoms with van der Waals surface area (Å²) in [6.45, 7) is -0.614. The van der Waals surface area contributed by atoms with Crippen molar-refractivity contribution in [2.45, 2.75) is 50.1 Å². The highest BCUT2D eigenvalue weighted by atomic mass is 19.4. The molecule has 210 valence electrons. The average Bonchev–Trinajstić information content (AvgIpc) is 3.50. The summed E-state index contributed by atoms with van der Waals surface area (Å²) in [7, 11) is 1.05. The lowest BCUT2D eigenvalue weighted by molar-refractivity contribution is -0.172. The van der Waals surface area contributed by atoms with Gasteiger partial charge in [0.2, 0.25) is 0 Å². The van der Waals surface area contributed by atoms with Crippen LogP contribution in [0.2, 0.25) is 0 Å². The third kappa shape index (κ3) is 4.85. The van der Waals surface area contributed by atoms with Gasteiger partial charge in [0.25, 0.3) is 12.0 Å². The van der Waals surface area contributed by atoms with E-state index in [4.69, 9.17) is 10.5 Å². The fourth-order valence-corrected chi connectivity index (χ4v) is 4.82. The molecule has 1 aromatic carbocycles. The normalized spacial score (nSPS) is 19.4. The number of benzene rings is 1. The summed E-state index contributed by atoms with van der Waals surface area (Å²) in [4.78, 5) is 28.1. The molecule has 7 nitrogen and oxygen atoms in total. The number of aromatic nitrogens is 2. The van der Waals surface area contributed by atoms with E-state index in [-0.39, 0.29) is 24.6 Å². The third-order valence-corrected chi connectivity index (χ3v) is 6.68. The van der Waals surface area contributed by atoms with Gasteiger partial charge in [0.1, 0.15) is 16.8 Å². The number of rotatable bonds is 6. The number of methoxy groups -OCH3 is 1. The minimum absolute atomic E-state index is 0.115. The highest BCUT2D eigenvalue weighted by Crippen LogP contribution is 2.47. The van der Waals surface area contributed by atoms with E-state index in [2.05, 4.69) is 0 Å². The average molecular weight is 560 g/mol. The van der Waals surface area contributed by atoms with Crippen LogP contribution in [0.4, 0.5) is 45.2 Å². The van der Waals surface area contributed by atoms with Gasteiger partial charge in [0, 0.05) is 25.2 Å². The molecule has 1 aliphatic heterocycles. The van der Waals surface area contributed by atoms with Gasteiger partial charge in [-0.3, -0.25) is 14.3 Å². The van der Waals surface area contributed by atoms with Crippen molar-refractivity contribution in [2.75, 3.05) is 25.1 Å². The molecular formula is C22H21F9N4O3. The first-order chi connectivity index (χ1) is 17.6. The minimum atomic E-state index is -5.73. The van der Waals surface area contributed by atoms with Crippen molar-refractivity contribution in [3.63, 3.8) is 0 Å². The van der Waals surface area contributed by atoms with Crippen LogP contribution in [-0.2, 0) is 0 Å². The molecule has 2 heterocycles. The Balaban J connectivity index is 1.85. The first kappa shape index (κ1) is 27.9. The number of hydrogen-bond donors (Lipinski definition) is 2. The Morgan fingerprint density at radius 2 is 1.71 bits per heavy atom. The predicted molar refractivity (Wildman–Crippen MR) is 117 cm³/mol. The molecule has 4 rings (SSSR count). The molecule has 0 amide bonds. The molecule has 1 aliphatic carbocycles. The standard InChI is InChI=1S/C22H21F9N4O3/c1-38-17-15-13(19(36)33-20(37)35(15)9-2-3-9)12(18(24)25)14(23)16(17)34-5-4-8(7-34)10(32)6-11(21(26,27)28)22(29,30)31/h6,8-10,18H,2-5,7,32H2,1H3,(H,33,36,37). The maximum atomic E-state index is 15.6. The highest BCUT2D eigenvalue weighted by molar-refractivity contribution is 5.94. The number of fused-ring (bicyclic) bond motifs is 1. The number of anilines is 1. The van der Waals surface area contributed by atoms with E-state index in [1.54, 1.807) is 0 Å². The van der Waals surface area contributed by atoms with E-state index in [0.29, 0.717) is 12.8 Å². The summed E-state index contributed by atoms with van der Waals surface area (Å²) in [6.07, 6.45) is -14.3. The van der Waals surface area contributed by atoms with Gasteiger partial charge in [0.05, 0.1) is 18.1 Å². The van der Waals surface area contributed by atoms with E-state index in [1.165, 1.54) is 0 Å². The van der Waals surface area contributed by atoms with Gasteiger partial charge in [-0.05, 0) is 25.2 Å². The molecule has 2 unspecified atom stereocenters. The molecule has 38 heavy (non-hydrogen) atoms. The summed E-state index contributed by atoms with van der Waals surface area (Å²) in [5.74, 6) is -3.06. The monoisotopic (exact) mass is 560 g/mol. The lowest BCUT2D eigenvalue weighted by Gasteiger charge is -2.26. The van der Waals surface area contributed by atoms with Gasteiger partial charge in [-0.1, -0.05) is 6.08 Å². The Bertz CT molecular complexity index is 1370. The second kappa shape index (κ2) is 9.54. The van der Waals surface area contributed by atoms with Crippen LogP contribution < -0.4 is 26.6 Å². The van der Waals surface area contributed by atoms with Gasteiger partial charge in [0.15, 0.2) is 11.6 Å². The minimum Gasteiger partial charge on any atom is -0.492 e. The number of nitrogens with two attached hydrogens (primary N) is 1. The third-order valence-electron chi connectivity index (χ3n) is 6.68. The van der Waals surface area contributed by atoms with Crippen molar-refractivity contribution in [2.24, 2.45) is 11.7 Å². The van der Waals surface area contributed by atoms with E-state index in [9.17, 15) is 44.7 Å². The molecule has 16 heteroatoms. The van der Waals surface area contributed by atoms with Gasteiger partial charge < -0.3 is 15.4 Å². The van der Waals surface area contributed by atoms with E-state index in [1.807, 2.05) is 4.98 Å². The molecule has 0 spiro atoms. The Labute approximate surface area is 207 Å². The van der Waals surface area contributed by atoms with Gasteiger partial charge in [-0.2, -0.15) is 26.3 Å². The van der Waals surface area contributed by atoms with E-state index >= 15 is 4.39 Å². The van der Waals surface area contributed by atoms with E-state index < -0.39 is 88.4 Å². The van der Waals surface area contributed by atoms with Gasteiger partial charge in [-0.25, -0.2) is 18.0 Å². The topological polar surface area (TPSA) is 93.3 Å². The Morgan fingerprint density at radius 1 is 1.11 bits per heavy atom. The summed E-state index contributed by atoms with van der Waals surface area (Å²) in [5.41, 5.74) is -1.61. The number of nitrogens with one attached hydrogen (secondary N) is 1. The zero-order valence-corrected chi connectivity index (χ0v) is 19.5. The largest absolute Gasteiger partial charge is 0.492 e. The van der Waals surface area contributed by atoms with Crippen molar-refractivity contribution in [1.29, 1.82) is 0 Å². The number of hydrogen-bond acceptors (Lipinski definition) is 5. The van der Waals surface area contributed by atoms with Crippen LogP contribution in [0.3, 0.4) is 0 Å². The first-order valence-electron chi connectivity index (χ1n) is 11.3. The number of alkyl halides is 8. The fourth-order valence-electron chi connectivity index (χ4n) is 4.82. The number of nitrogens with zero attached hydrogens (tertiary/aromatic N) is 2. The molecule has 2 aromatic rings. The molecular weight excluding hydrogens is 539 g/mol. The SMILES string of the molecule is COc1c(N2CCC(C(N)C=C(C(F)(F)F)C(F)(F)F)C2)c(F)c(C(F)F)c2c(=O)[nH]c(=O)n(C3CC3)c12. The molecule has 2 fully saturated rings. The molecule has 3 N–H and O–H groups in total. The lowest BCUT2D eigenvalue weighted by atomic mass is 9.97. The van der Waals surface area contributed by atoms with Crippen molar-refractivity contribution in [3.8, 4) is 5.75 Å². The summed E-state index contributed by atoms with van der Waals surface area (Å²) >= 11 is 0. The maximum Gasteiger partial charge on any atom is 0.421 e. The maximum absolute atomic E-state index is 15.6. The van der Waals surface area contributed by atoms with Crippen LogP contribution in [-0.4, -0.2) is 48.1 Å². The quantitative estimate of drug-likeness (QED) is 0.406. The van der Waals surface area contributed by atoms with Gasteiger partial charge in [-0.15, -0.1) is 0 Å². The number of ether oxygens (including phenoxy) is 1. The van der Waals surface area contributed by atoms with Crippen molar-refractivity contribution in [3.05, 3.63) is 43.9 Å². The summed E-state index contributed by atoms with van der Waals surface area (Å²) in [5, 5.41) is -0.792. The van der Waals surface area contributed by atoms with Crippen molar-refractivity contribution in [1.82, 2.24) is 9.55 Å². The second-order valence-electron chi connectivity index (χ2n) is 9.14. The highest BCUT2D eigenvalue weighted by Gasteiger charge is 2.51. The van der Waals surface area contributed by atoms with E-state index in [0.717, 1.165) is 16.6 Å². The Kier molecular flexibility index (Phi) is 6.99. The number of halogens is 9. The molecule has 1 saturated heterocycles. The fraction of sp³-hybridized carbons (Fsp3) is 0.545. The van der Waals surface area contributed by atoms with Crippen LogP contribution >= 0.6 is 0 Å². The van der Waals surface area contributed by atoms with Crippen LogP contribution in [0.15, 0.2) is 21.2 Å². The zero-order chi connectivity index (χ0) is 28.3. The summed E-state index contributed by atoms with van der Waals surface area (Å²) in [6, 6.07) is -2.25. The van der Waals surface area contributed by atoms with Crippen molar-refractivity contribution >= 4 is 16.6 Å². The number of allylic oxidation sites excluding steroid dienone is 1. The van der Waals surface area contributed by atoms with Crippen molar-refractivity contribution < 1.29 is 44.3 Å². The number of aromatic amines is 1. The number of H-pyrrole nitrogens is 1. The molecule has 0 bridgehead atoms. The molecule has 0 radical (unpaired) electrons. The van der Waals surface area contributed by atoms with Crippen LogP contribution in [0.25, 0.3) is 10.9 Å². The summed E-state index contributed by atoms with van der Waals surface area (Å²) < 4.78 is 128. The Morgan fingerprint density at radius 3 is 2.21 bits per heavy atom. The molecule has 2 aliphatic rings. The zero-order valence-electron chi connectivity index (χ0n) is 19.5. The van der Waals surface area contributed by atoms with Crippen LogP contribution in [0.5, 0.6) is 5.75 Å².